The van der Waals surface area contributed by atoms with Crippen molar-refractivity contribution in [2.75, 3.05) is 0 Å². The molecule has 0 saturated carbocycles. The topological polar surface area (TPSA) is 12.9 Å². The van der Waals surface area contributed by atoms with Crippen LogP contribution in [0.25, 0.3) is 10.9 Å². The maximum absolute atomic E-state index is 4.73. The second kappa shape index (κ2) is 6.21. The molecule has 0 bridgehead atoms. The minimum absolute atomic E-state index is 0.382. The summed E-state index contributed by atoms with van der Waals surface area (Å²) in [7, 11) is 9.47. The van der Waals surface area contributed by atoms with Gasteiger partial charge in [0.1, 0.15) is 0 Å². The molecule has 1 nitrogen and oxygen atoms in total. The first-order valence-corrected chi connectivity index (χ1v) is 6.38. The number of fused-ring (bicyclic) bond motifs is 1. The Hall–Kier alpha value is -0.284. The molecule has 0 aliphatic heterocycles. The van der Waals surface area contributed by atoms with Gasteiger partial charge in [0.2, 0.25) is 0 Å². The molecule has 0 aliphatic carbocycles. The first-order chi connectivity index (χ1) is 6.38. The van der Waals surface area contributed by atoms with E-state index in [2.05, 4.69) is 17.1 Å². The van der Waals surface area contributed by atoms with E-state index in [0.717, 1.165) is 5.52 Å². The SMILES string of the molecule is [Cl][Co][Cl].c1ccc2ncccc2c1. The quantitative estimate of drug-likeness (QED) is 0.704. The maximum Gasteiger partial charge on any atom is 0.0701 e. The van der Waals surface area contributed by atoms with Gasteiger partial charge in [-0.05, 0) is 12.1 Å². The Morgan fingerprint density at radius 3 is 2.31 bits per heavy atom. The fourth-order valence-electron chi connectivity index (χ4n) is 1.02. The van der Waals surface area contributed by atoms with E-state index >= 15 is 0 Å². The maximum atomic E-state index is 4.73. The normalized spacial score (nSPS) is 9.38. The molecule has 0 atom stereocenters. The molecule has 1 heterocycles. The second-order valence-corrected chi connectivity index (χ2v) is 3.96. The molecule has 0 radical (unpaired) electrons. The number of para-hydroxylation sites is 1. The monoisotopic (exact) mass is 258 g/mol. The van der Waals surface area contributed by atoms with Crippen molar-refractivity contribution in [3.05, 3.63) is 42.6 Å². The summed E-state index contributed by atoms with van der Waals surface area (Å²) in [6, 6.07) is 12.1. The number of nitrogens with zero attached hydrogens (tertiary/aromatic N) is 1. The van der Waals surface area contributed by atoms with Crippen LogP contribution >= 0.6 is 20.3 Å². The van der Waals surface area contributed by atoms with Gasteiger partial charge in [0.25, 0.3) is 0 Å². The second-order valence-electron chi connectivity index (χ2n) is 2.24. The smallest absolute Gasteiger partial charge is 0.0701 e. The van der Waals surface area contributed by atoms with E-state index in [9.17, 15) is 0 Å². The van der Waals surface area contributed by atoms with Gasteiger partial charge in [-0.1, -0.05) is 24.3 Å². The van der Waals surface area contributed by atoms with Gasteiger partial charge in [0.05, 0.1) is 5.52 Å². The zero-order valence-corrected chi connectivity index (χ0v) is 9.13. The van der Waals surface area contributed by atoms with Crippen LogP contribution in [0.15, 0.2) is 42.6 Å². The molecule has 0 saturated heterocycles. The number of pyridine rings is 1. The average molecular weight is 259 g/mol. The van der Waals surface area contributed by atoms with E-state index < -0.39 is 0 Å². The van der Waals surface area contributed by atoms with Crippen LogP contribution < -0.4 is 0 Å². The van der Waals surface area contributed by atoms with E-state index in [1.807, 2.05) is 30.5 Å². The third kappa shape index (κ3) is 3.52. The molecule has 2 rings (SSSR count). The minimum atomic E-state index is 0.382. The Balaban J connectivity index is 0.000000251. The van der Waals surface area contributed by atoms with Gasteiger partial charge in [0, 0.05) is 11.6 Å². The van der Waals surface area contributed by atoms with Crippen LogP contribution in [0, 0.1) is 0 Å². The molecule has 0 unspecified atom stereocenters. The number of halogens is 2. The third-order valence-electron chi connectivity index (χ3n) is 1.51. The van der Waals surface area contributed by atoms with E-state index in [0.29, 0.717) is 12.9 Å². The molecule has 1 aromatic heterocycles. The molecule has 0 spiro atoms. The Morgan fingerprint density at radius 1 is 1.00 bits per heavy atom. The molecular weight excluding hydrogens is 252 g/mol. The van der Waals surface area contributed by atoms with E-state index in [4.69, 9.17) is 20.3 Å². The van der Waals surface area contributed by atoms with Crippen molar-refractivity contribution in [2.45, 2.75) is 0 Å². The molecular formula is C9H7Cl2CoN. The predicted molar refractivity (Wildman–Crippen MR) is 53.4 cm³/mol. The first kappa shape index (κ1) is 10.8. The van der Waals surface area contributed by atoms with Crippen molar-refractivity contribution in [1.29, 1.82) is 0 Å². The van der Waals surface area contributed by atoms with Gasteiger partial charge in [-0.2, -0.15) is 0 Å². The van der Waals surface area contributed by atoms with Gasteiger partial charge in [-0.15, -0.1) is 0 Å². The van der Waals surface area contributed by atoms with E-state index in [1.54, 1.807) is 0 Å². The number of hydrogen-bond donors (Lipinski definition) is 0. The summed E-state index contributed by atoms with van der Waals surface area (Å²) in [5, 5.41) is 1.20. The standard InChI is InChI=1S/C9H7N.2ClH.Co/c1-2-6-9-8(4-1)5-3-7-10-9;;;/h1-7H;2*1H;/q;;;+2/p-2. The number of hydrogen-bond acceptors (Lipinski definition) is 1. The number of rotatable bonds is 0. The Morgan fingerprint density at radius 2 is 1.62 bits per heavy atom. The number of benzene rings is 1. The van der Waals surface area contributed by atoms with Gasteiger partial charge < -0.3 is 0 Å². The molecule has 0 N–H and O–H groups in total. The zero-order valence-electron chi connectivity index (χ0n) is 6.58. The average Bonchev–Trinajstić information content (AvgIpc) is 2.19. The van der Waals surface area contributed by atoms with Crippen LogP contribution in [-0.2, 0) is 12.9 Å². The van der Waals surface area contributed by atoms with Crippen molar-refractivity contribution in [3.63, 3.8) is 0 Å². The van der Waals surface area contributed by atoms with Crippen LogP contribution in [-0.4, -0.2) is 4.98 Å². The predicted octanol–water partition coefficient (Wildman–Crippen LogP) is 3.61. The molecule has 0 amide bonds. The van der Waals surface area contributed by atoms with Gasteiger partial charge >= 0.3 is 33.2 Å². The molecule has 13 heavy (non-hydrogen) atoms. The van der Waals surface area contributed by atoms with Crippen LogP contribution in [0.3, 0.4) is 0 Å². The van der Waals surface area contributed by atoms with Gasteiger partial charge in [-0.3, -0.25) is 4.98 Å². The minimum Gasteiger partial charge on any atom is -0.256 e. The van der Waals surface area contributed by atoms with Crippen LogP contribution in [0.2, 0.25) is 0 Å². The third-order valence-corrected chi connectivity index (χ3v) is 1.51. The van der Waals surface area contributed by atoms with Crippen molar-refractivity contribution in [3.8, 4) is 0 Å². The summed E-state index contributed by atoms with van der Waals surface area (Å²) < 4.78 is 0. The van der Waals surface area contributed by atoms with Crippen molar-refractivity contribution >= 4 is 31.2 Å². The van der Waals surface area contributed by atoms with Crippen LogP contribution in [0.1, 0.15) is 0 Å². The number of aromatic nitrogens is 1. The van der Waals surface area contributed by atoms with Gasteiger partial charge in [-0.25, -0.2) is 0 Å². The molecule has 4 heteroatoms. The Labute approximate surface area is 91.6 Å². The fraction of sp³-hybridized carbons (Fsp3) is 0. The summed E-state index contributed by atoms with van der Waals surface area (Å²) >= 11 is 0.382. The largest absolute Gasteiger partial charge is 0.256 e. The fourth-order valence-corrected chi connectivity index (χ4v) is 1.02. The molecule has 0 fully saturated rings. The summed E-state index contributed by atoms with van der Waals surface area (Å²) in [5.41, 5.74) is 1.06. The van der Waals surface area contributed by atoms with E-state index in [1.165, 1.54) is 5.39 Å². The molecule has 1 aromatic carbocycles. The molecule has 2 aromatic rings. The zero-order chi connectivity index (χ0) is 9.52. The van der Waals surface area contributed by atoms with Crippen LogP contribution in [0.4, 0.5) is 0 Å². The Kier molecular flexibility index (Phi) is 5.16. The van der Waals surface area contributed by atoms with Crippen LogP contribution in [0.5, 0.6) is 0 Å². The first-order valence-electron chi connectivity index (χ1n) is 3.52. The summed E-state index contributed by atoms with van der Waals surface area (Å²) in [6.45, 7) is 0. The van der Waals surface area contributed by atoms with Gasteiger partial charge in [0.15, 0.2) is 0 Å². The Bertz CT molecular complexity index is 302. The van der Waals surface area contributed by atoms with Crippen molar-refractivity contribution < 1.29 is 12.9 Å². The molecule has 71 valence electrons. The summed E-state index contributed by atoms with van der Waals surface area (Å²) in [6.07, 6.45) is 1.81. The molecule has 0 aliphatic rings. The van der Waals surface area contributed by atoms with Crippen molar-refractivity contribution in [1.82, 2.24) is 4.98 Å². The van der Waals surface area contributed by atoms with E-state index in [-0.39, 0.29) is 0 Å². The van der Waals surface area contributed by atoms with Crippen molar-refractivity contribution in [2.24, 2.45) is 0 Å². The summed E-state index contributed by atoms with van der Waals surface area (Å²) in [5.74, 6) is 0. The summed E-state index contributed by atoms with van der Waals surface area (Å²) in [4.78, 5) is 4.18.